The highest BCUT2D eigenvalue weighted by molar-refractivity contribution is 6.08. The summed E-state index contributed by atoms with van der Waals surface area (Å²) >= 11 is 0. The summed E-state index contributed by atoms with van der Waals surface area (Å²) in [7, 11) is 0. The Kier molecular flexibility index (Phi) is 4.52. The van der Waals surface area contributed by atoms with E-state index in [0.717, 1.165) is 30.2 Å². The highest BCUT2D eigenvalue weighted by atomic mass is 16.5. The van der Waals surface area contributed by atoms with Crippen LogP contribution in [-0.2, 0) is 10.3 Å². The number of hydrogen-bond donors (Lipinski definition) is 1. The first-order valence-corrected chi connectivity index (χ1v) is 12.0. The fraction of sp³-hybridized carbons (Fsp3) is 0.500. The first-order valence-electron chi connectivity index (χ1n) is 12.0. The Balaban J connectivity index is 1.35. The lowest BCUT2D eigenvalue weighted by atomic mass is 9.69. The molecule has 1 amide bonds. The molecule has 2 atom stereocenters. The molecule has 0 spiro atoms. The fourth-order valence-electron chi connectivity index (χ4n) is 5.65. The maximum atomic E-state index is 13.4. The molecular formula is C26H30N4O4. The topological polar surface area (TPSA) is 87.4 Å². The molecule has 2 aromatic heterocycles. The number of anilines is 1. The quantitative estimate of drug-likeness (QED) is 0.596. The van der Waals surface area contributed by atoms with E-state index in [0.29, 0.717) is 23.8 Å². The summed E-state index contributed by atoms with van der Waals surface area (Å²) in [5.41, 5.74) is 1.09. The molecule has 2 aliphatic heterocycles. The van der Waals surface area contributed by atoms with Crippen LogP contribution in [0.4, 0.5) is 5.69 Å². The molecule has 4 heterocycles. The molecule has 1 N–H and O–H groups in total. The second-order valence-corrected chi connectivity index (χ2v) is 10.8. The van der Waals surface area contributed by atoms with E-state index in [1.165, 1.54) is 0 Å². The highest BCUT2D eigenvalue weighted by Gasteiger charge is 2.61. The van der Waals surface area contributed by atoms with E-state index in [-0.39, 0.29) is 40.4 Å². The van der Waals surface area contributed by atoms with Gasteiger partial charge in [0.1, 0.15) is 11.4 Å². The Bertz CT molecular complexity index is 1360. The van der Waals surface area contributed by atoms with Gasteiger partial charge in [0.15, 0.2) is 0 Å². The van der Waals surface area contributed by atoms with Crippen molar-refractivity contribution in [2.24, 2.45) is 5.92 Å². The van der Waals surface area contributed by atoms with Gasteiger partial charge in [-0.05, 0) is 51.3 Å². The number of aromatic nitrogens is 3. The third-order valence-corrected chi connectivity index (χ3v) is 7.44. The number of fused-ring (bicyclic) bond motifs is 2. The van der Waals surface area contributed by atoms with E-state index >= 15 is 0 Å². The monoisotopic (exact) mass is 462 g/mol. The molecule has 1 aromatic carbocycles. The Labute approximate surface area is 197 Å². The number of carbonyl (C=O) groups is 1. The van der Waals surface area contributed by atoms with Gasteiger partial charge >= 0.3 is 0 Å². The summed E-state index contributed by atoms with van der Waals surface area (Å²) in [5.74, 6) is 0.561. The van der Waals surface area contributed by atoms with E-state index in [1.54, 1.807) is 29.0 Å². The third kappa shape index (κ3) is 3.35. The molecule has 0 radical (unpaired) electrons. The number of pyridine rings is 1. The largest absolute Gasteiger partial charge is 0.490 e. The molecule has 4 aliphatic rings. The molecule has 4 fully saturated rings. The summed E-state index contributed by atoms with van der Waals surface area (Å²) in [4.78, 5) is 26.3. The van der Waals surface area contributed by atoms with Crippen LogP contribution in [0.3, 0.4) is 0 Å². The number of rotatable bonds is 6. The molecule has 2 bridgehead atoms. The zero-order valence-electron chi connectivity index (χ0n) is 20.0. The Morgan fingerprint density at radius 1 is 1.32 bits per heavy atom. The van der Waals surface area contributed by atoms with E-state index in [4.69, 9.17) is 14.6 Å². The number of benzene rings is 1. The lowest BCUT2D eigenvalue weighted by molar-refractivity contribution is 0.00383. The van der Waals surface area contributed by atoms with Crippen molar-refractivity contribution >= 4 is 22.5 Å². The van der Waals surface area contributed by atoms with E-state index in [1.807, 2.05) is 30.8 Å². The Morgan fingerprint density at radius 3 is 2.74 bits per heavy atom. The van der Waals surface area contributed by atoms with Crippen molar-refractivity contribution in [1.82, 2.24) is 14.3 Å². The second-order valence-electron chi connectivity index (χ2n) is 10.8. The first-order chi connectivity index (χ1) is 16.2. The molecule has 7 rings (SSSR count). The van der Waals surface area contributed by atoms with Gasteiger partial charge in [0.05, 0.1) is 34.9 Å². The normalized spacial score (nSPS) is 29.3. The number of nitrogens with one attached hydrogen (secondary N) is 1. The molecule has 34 heavy (non-hydrogen) atoms. The number of ether oxygens (including phenoxy) is 2. The molecule has 8 nitrogen and oxygen atoms in total. The van der Waals surface area contributed by atoms with Crippen molar-refractivity contribution in [2.75, 3.05) is 11.9 Å². The standard InChI is InChI=1S/C26H30N4O4/c1-15(2)34-22-10-20-17(11-30(28-20)26-12-25(4,13-26)33-14-26)9-18(22)23(31)27-19-6-5-7-29(24(19)32)21-8-16(21)3/h5-7,9-11,15-16,21H,8,12-14H2,1-4H3,(H,27,31)/t16-,21+,25?,26?/m1/s1. The predicted octanol–water partition coefficient (Wildman–Crippen LogP) is 4.10. The molecule has 3 aromatic rings. The van der Waals surface area contributed by atoms with Crippen molar-refractivity contribution in [3.63, 3.8) is 0 Å². The van der Waals surface area contributed by atoms with Crippen LogP contribution >= 0.6 is 0 Å². The van der Waals surface area contributed by atoms with Crippen molar-refractivity contribution in [3.05, 3.63) is 52.6 Å². The summed E-state index contributed by atoms with van der Waals surface area (Å²) in [5, 5.41) is 8.50. The van der Waals surface area contributed by atoms with Gasteiger partial charge in [0, 0.05) is 42.7 Å². The minimum atomic E-state index is -0.373. The Morgan fingerprint density at radius 2 is 2.09 bits per heavy atom. The number of amides is 1. The fourth-order valence-corrected chi connectivity index (χ4v) is 5.65. The van der Waals surface area contributed by atoms with Gasteiger partial charge in [-0.15, -0.1) is 0 Å². The lowest BCUT2D eigenvalue weighted by Crippen LogP contribution is -2.49. The summed E-state index contributed by atoms with van der Waals surface area (Å²) in [6, 6.07) is 7.28. The van der Waals surface area contributed by atoms with Crippen LogP contribution in [0.25, 0.3) is 10.9 Å². The first kappa shape index (κ1) is 21.4. The van der Waals surface area contributed by atoms with Crippen LogP contribution in [0, 0.1) is 5.92 Å². The number of nitrogens with zero attached hydrogens (tertiary/aromatic N) is 3. The molecule has 2 saturated carbocycles. The van der Waals surface area contributed by atoms with Gasteiger partial charge in [-0.1, -0.05) is 6.92 Å². The number of carbonyl (C=O) groups excluding carboxylic acids is 1. The van der Waals surface area contributed by atoms with Crippen LogP contribution in [0.15, 0.2) is 41.5 Å². The highest BCUT2D eigenvalue weighted by Crippen LogP contribution is 2.55. The maximum Gasteiger partial charge on any atom is 0.274 e. The van der Waals surface area contributed by atoms with Crippen LogP contribution in [0.5, 0.6) is 5.75 Å². The van der Waals surface area contributed by atoms with Crippen LogP contribution in [-0.4, -0.2) is 38.6 Å². The summed E-state index contributed by atoms with van der Waals surface area (Å²) < 4.78 is 15.7. The van der Waals surface area contributed by atoms with Crippen LogP contribution in [0.1, 0.15) is 63.4 Å². The average Bonchev–Trinajstić information content (AvgIpc) is 3.08. The molecule has 2 aliphatic carbocycles. The maximum absolute atomic E-state index is 13.4. The van der Waals surface area contributed by atoms with Gasteiger partial charge in [0.2, 0.25) is 0 Å². The van der Waals surface area contributed by atoms with Crippen LogP contribution < -0.4 is 15.6 Å². The minimum absolute atomic E-state index is 0.0457. The lowest BCUT2D eigenvalue weighted by Gasteiger charge is -2.42. The summed E-state index contributed by atoms with van der Waals surface area (Å²) in [6.07, 6.45) is 6.52. The molecule has 178 valence electrons. The zero-order chi connectivity index (χ0) is 23.8. The molecule has 0 unspecified atom stereocenters. The van der Waals surface area contributed by atoms with Gasteiger partial charge in [-0.2, -0.15) is 5.10 Å². The van der Waals surface area contributed by atoms with E-state index in [9.17, 15) is 9.59 Å². The molecule has 8 heteroatoms. The molecular weight excluding hydrogens is 432 g/mol. The van der Waals surface area contributed by atoms with Gasteiger partial charge in [0.25, 0.3) is 11.5 Å². The predicted molar refractivity (Wildman–Crippen MR) is 129 cm³/mol. The minimum Gasteiger partial charge on any atom is -0.490 e. The van der Waals surface area contributed by atoms with Crippen LogP contribution in [0.2, 0.25) is 0 Å². The third-order valence-electron chi connectivity index (χ3n) is 7.44. The molecule has 2 saturated heterocycles. The average molecular weight is 463 g/mol. The van der Waals surface area contributed by atoms with E-state index < -0.39 is 0 Å². The number of hydrogen-bond acceptors (Lipinski definition) is 5. The van der Waals surface area contributed by atoms with Gasteiger partial charge in [-0.25, -0.2) is 0 Å². The zero-order valence-corrected chi connectivity index (χ0v) is 20.0. The Hall–Kier alpha value is -3.13. The van der Waals surface area contributed by atoms with Crippen molar-refractivity contribution in [3.8, 4) is 5.75 Å². The van der Waals surface area contributed by atoms with Gasteiger partial charge in [-0.3, -0.25) is 14.3 Å². The van der Waals surface area contributed by atoms with Crippen molar-refractivity contribution < 1.29 is 14.3 Å². The SMILES string of the molecule is CC(C)Oc1cc2nn(C34COC(C)(C3)C4)cc2cc1C(=O)Nc1cccn([C@H]2C[C@H]2C)c1=O. The van der Waals surface area contributed by atoms with Crippen molar-refractivity contribution in [2.45, 2.75) is 70.2 Å². The van der Waals surface area contributed by atoms with E-state index in [2.05, 4.69) is 19.2 Å². The van der Waals surface area contributed by atoms with Gasteiger partial charge < -0.3 is 19.4 Å². The smallest absolute Gasteiger partial charge is 0.274 e. The van der Waals surface area contributed by atoms with Crippen molar-refractivity contribution in [1.29, 1.82) is 0 Å². The summed E-state index contributed by atoms with van der Waals surface area (Å²) in [6.45, 7) is 8.75. The second kappa shape index (κ2) is 7.18.